The van der Waals surface area contributed by atoms with Gasteiger partial charge in [0.2, 0.25) is 17.6 Å². The van der Waals surface area contributed by atoms with E-state index in [1.54, 1.807) is 17.0 Å². The first kappa shape index (κ1) is 22.1. The normalized spacial score (nSPS) is 19.6. The van der Waals surface area contributed by atoms with E-state index in [1.165, 1.54) is 21.3 Å². The molecule has 156 valence electrons. The van der Waals surface area contributed by atoms with Crippen molar-refractivity contribution in [2.45, 2.75) is 25.3 Å². The van der Waals surface area contributed by atoms with Crippen molar-refractivity contribution in [3.8, 4) is 17.2 Å². The van der Waals surface area contributed by atoms with Crippen molar-refractivity contribution in [2.24, 2.45) is 17.6 Å². The number of carbonyl (C=O) groups is 2. The predicted molar refractivity (Wildman–Crippen MR) is 108 cm³/mol. The maximum Gasteiger partial charge on any atom is 0.227 e. The van der Waals surface area contributed by atoms with Crippen LogP contribution in [-0.2, 0) is 9.59 Å². The summed E-state index contributed by atoms with van der Waals surface area (Å²) in [7, 11) is 4.56. The number of methoxy groups -OCH3 is 3. The number of nitrogens with two attached hydrogens (primary N) is 1. The summed E-state index contributed by atoms with van der Waals surface area (Å²) in [5.74, 6) is 1.25. The predicted octanol–water partition coefficient (Wildman–Crippen LogP) is 1.34. The highest BCUT2D eigenvalue weighted by molar-refractivity contribution is 6.00. The van der Waals surface area contributed by atoms with Crippen LogP contribution in [0.4, 0.5) is 5.69 Å². The highest BCUT2D eigenvalue weighted by Crippen LogP contribution is 2.42. The molecule has 0 radical (unpaired) electrons. The van der Waals surface area contributed by atoms with Crippen molar-refractivity contribution in [3.05, 3.63) is 12.1 Å². The third-order valence-corrected chi connectivity index (χ3v) is 5.20. The second kappa shape index (κ2) is 9.34. The molecule has 1 saturated carbocycles. The molecule has 0 spiro atoms. The summed E-state index contributed by atoms with van der Waals surface area (Å²) < 4.78 is 16.0. The van der Waals surface area contributed by atoms with Gasteiger partial charge in [-0.2, -0.15) is 0 Å². The smallest absolute Gasteiger partial charge is 0.227 e. The minimum Gasteiger partial charge on any atom is -0.493 e. The van der Waals surface area contributed by atoms with E-state index in [0.717, 1.165) is 12.8 Å². The fraction of sp³-hybridized carbons (Fsp3) is 0.579. The first-order valence-corrected chi connectivity index (χ1v) is 9.12. The minimum atomic E-state index is -0.400. The summed E-state index contributed by atoms with van der Waals surface area (Å²) in [5, 5.41) is 2.89. The van der Waals surface area contributed by atoms with Crippen molar-refractivity contribution in [3.63, 3.8) is 0 Å². The highest BCUT2D eigenvalue weighted by Gasteiger charge is 2.36. The second-order valence-corrected chi connectivity index (χ2v) is 7.04. The number of amides is 2. The molecule has 2 aliphatic rings. The van der Waals surface area contributed by atoms with Crippen molar-refractivity contribution >= 4 is 29.9 Å². The van der Waals surface area contributed by atoms with E-state index in [4.69, 9.17) is 19.9 Å². The van der Waals surface area contributed by atoms with Gasteiger partial charge >= 0.3 is 0 Å². The van der Waals surface area contributed by atoms with Crippen LogP contribution in [0.15, 0.2) is 12.1 Å². The van der Waals surface area contributed by atoms with Gasteiger partial charge in [0.25, 0.3) is 0 Å². The maximum atomic E-state index is 12.5. The van der Waals surface area contributed by atoms with Gasteiger partial charge in [-0.25, -0.2) is 0 Å². The molecule has 8 nitrogen and oxygen atoms in total. The number of carbonyl (C=O) groups excluding carboxylic acids is 2. The monoisotopic (exact) mass is 413 g/mol. The third-order valence-electron chi connectivity index (χ3n) is 5.20. The van der Waals surface area contributed by atoms with Crippen molar-refractivity contribution in [1.29, 1.82) is 0 Å². The van der Waals surface area contributed by atoms with Gasteiger partial charge < -0.3 is 30.2 Å². The molecule has 1 saturated heterocycles. The Bertz CT molecular complexity index is 701. The van der Waals surface area contributed by atoms with Gasteiger partial charge in [0.1, 0.15) is 0 Å². The summed E-state index contributed by atoms with van der Waals surface area (Å²) in [4.78, 5) is 26.5. The zero-order valence-corrected chi connectivity index (χ0v) is 17.2. The minimum absolute atomic E-state index is 0. The van der Waals surface area contributed by atoms with Crippen molar-refractivity contribution in [1.82, 2.24) is 5.32 Å². The number of hydrogen-bond acceptors (Lipinski definition) is 6. The molecule has 3 N–H and O–H groups in total. The molecule has 1 heterocycles. The lowest BCUT2D eigenvalue weighted by Gasteiger charge is -2.20. The molecule has 2 fully saturated rings. The van der Waals surface area contributed by atoms with E-state index < -0.39 is 5.92 Å². The second-order valence-electron chi connectivity index (χ2n) is 7.04. The first-order valence-electron chi connectivity index (χ1n) is 9.12. The van der Waals surface area contributed by atoms with Crippen LogP contribution in [0.5, 0.6) is 17.2 Å². The molecule has 1 aliphatic heterocycles. The molecule has 0 bridgehead atoms. The van der Waals surface area contributed by atoms with E-state index in [0.29, 0.717) is 41.9 Å². The highest BCUT2D eigenvalue weighted by atomic mass is 35.5. The Morgan fingerprint density at radius 1 is 1.21 bits per heavy atom. The summed E-state index contributed by atoms with van der Waals surface area (Å²) in [6.07, 6.45) is 2.43. The lowest BCUT2D eigenvalue weighted by atomic mass is 10.1. The number of halogens is 1. The Hall–Kier alpha value is -2.19. The molecule has 9 heteroatoms. The fourth-order valence-electron chi connectivity index (χ4n) is 3.41. The summed E-state index contributed by atoms with van der Waals surface area (Å²) in [6.45, 7) is 0.764. The molecule has 1 aromatic rings. The lowest BCUT2D eigenvalue weighted by Crippen LogP contribution is -2.41. The Balaban J connectivity index is 0.00000280. The number of ether oxygens (including phenoxy) is 3. The number of hydrogen-bond donors (Lipinski definition) is 2. The van der Waals surface area contributed by atoms with Gasteiger partial charge in [0.15, 0.2) is 11.5 Å². The molecular weight excluding hydrogens is 386 g/mol. The average molecular weight is 414 g/mol. The summed E-state index contributed by atoms with van der Waals surface area (Å²) in [6, 6.07) is 3.42. The topological polar surface area (TPSA) is 103 Å². The van der Waals surface area contributed by atoms with E-state index in [2.05, 4.69) is 5.32 Å². The van der Waals surface area contributed by atoms with Gasteiger partial charge in [-0.05, 0) is 18.8 Å². The van der Waals surface area contributed by atoms with E-state index in [-0.39, 0.29) is 36.7 Å². The standard InChI is InChI=1S/C19H27N3O5.ClH/c1-25-15-7-13(8-16(26-2)18(15)27-3)22-10-12(6-17(22)23)19(24)21-9-14(20)11-4-5-11;/h7-8,11-12,14H,4-6,9-10,20H2,1-3H3,(H,21,24);1H. The molecule has 3 rings (SSSR count). The van der Waals surface area contributed by atoms with Crippen molar-refractivity contribution in [2.75, 3.05) is 39.3 Å². The molecule has 28 heavy (non-hydrogen) atoms. The molecule has 0 aromatic heterocycles. The van der Waals surface area contributed by atoms with Gasteiger partial charge in [-0.15, -0.1) is 12.4 Å². The molecule has 1 aliphatic carbocycles. The van der Waals surface area contributed by atoms with E-state index in [1.807, 2.05) is 0 Å². The summed E-state index contributed by atoms with van der Waals surface area (Å²) >= 11 is 0. The number of anilines is 1. The van der Waals surface area contributed by atoms with Crippen LogP contribution < -0.4 is 30.2 Å². The molecule has 1 aromatic carbocycles. The van der Waals surface area contributed by atoms with Gasteiger partial charge in [-0.1, -0.05) is 0 Å². The van der Waals surface area contributed by atoms with Crippen LogP contribution in [0.25, 0.3) is 0 Å². The average Bonchev–Trinajstić information content (AvgIpc) is 3.46. The van der Waals surface area contributed by atoms with Crippen LogP contribution in [0.1, 0.15) is 19.3 Å². The Kier molecular flexibility index (Phi) is 7.37. The fourth-order valence-corrected chi connectivity index (χ4v) is 3.41. The molecule has 2 atom stereocenters. The van der Waals surface area contributed by atoms with Crippen molar-refractivity contribution < 1.29 is 23.8 Å². The molecule has 2 unspecified atom stereocenters. The van der Waals surface area contributed by atoms with Crippen LogP contribution in [0.2, 0.25) is 0 Å². The zero-order chi connectivity index (χ0) is 19.6. The third kappa shape index (κ3) is 4.62. The Morgan fingerprint density at radius 2 is 1.82 bits per heavy atom. The Morgan fingerprint density at radius 3 is 2.32 bits per heavy atom. The number of nitrogens with one attached hydrogen (secondary N) is 1. The van der Waals surface area contributed by atoms with Gasteiger partial charge in [-0.3, -0.25) is 9.59 Å². The Labute approximate surface area is 171 Å². The summed E-state index contributed by atoms with van der Waals surface area (Å²) in [5.41, 5.74) is 6.64. The first-order chi connectivity index (χ1) is 13.0. The van der Waals surface area contributed by atoms with Gasteiger partial charge in [0, 0.05) is 37.7 Å². The lowest BCUT2D eigenvalue weighted by molar-refractivity contribution is -0.126. The van der Waals surface area contributed by atoms with Gasteiger partial charge in [0.05, 0.1) is 32.9 Å². The molecular formula is C19H28ClN3O5. The maximum absolute atomic E-state index is 12.5. The quantitative estimate of drug-likeness (QED) is 0.666. The van der Waals surface area contributed by atoms with Crippen LogP contribution in [0, 0.1) is 11.8 Å². The number of rotatable bonds is 8. The number of benzene rings is 1. The SMILES string of the molecule is COc1cc(N2CC(C(=O)NCC(N)C3CC3)CC2=O)cc(OC)c1OC.Cl. The van der Waals surface area contributed by atoms with Crippen LogP contribution in [0.3, 0.4) is 0 Å². The van der Waals surface area contributed by atoms with Crippen LogP contribution >= 0.6 is 12.4 Å². The van der Waals surface area contributed by atoms with E-state index >= 15 is 0 Å². The largest absolute Gasteiger partial charge is 0.493 e. The van der Waals surface area contributed by atoms with Crippen LogP contribution in [-0.4, -0.2) is 52.3 Å². The van der Waals surface area contributed by atoms with E-state index in [9.17, 15) is 9.59 Å². The molecule has 2 amide bonds. The number of nitrogens with zero attached hydrogens (tertiary/aromatic N) is 1. The zero-order valence-electron chi connectivity index (χ0n) is 16.4.